The van der Waals surface area contributed by atoms with Crippen molar-refractivity contribution in [1.29, 1.82) is 0 Å². The molecule has 3 atom stereocenters. The van der Waals surface area contributed by atoms with Crippen LogP contribution in [0.1, 0.15) is 64.0 Å². The van der Waals surface area contributed by atoms with Gasteiger partial charge in [-0.1, -0.05) is 42.7 Å². The third kappa shape index (κ3) is 2.92. The number of aryl methyl sites for hydroxylation is 1. The van der Waals surface area contributed by atoms with Gasteiger partial charge in [0.2, 0.25) is 0 Å². The zero-order valence-corrected chi connectivity index (χ0v) is 16.5. The number of hydrogen-bond donors (Lipinski definition) is 0. The van der Waals surface area contributed by atoms with Crippen molar-refractivity contribution in [3.63, 3.8) is 0 Å². The highest BCUT2D eigenvalue weighted by Crippen LogP contribution is 2.64. The second-order valence-corrected chi connectivity index (χ2v) is 9.32. The van der Waals surface area contributed by atoms with Gasteiger partial charge in [-0.15, -0.1) is 0 Å². The second kappa shape index (κ2) is 5.98. The quantitative estimate of drug-likeness (QED) is 0.725. The summed E-state index contributed by atoms with van der Waals surface area (Å²) in [6.07, 6.45) is 6.21. The van der Waals surface area contributed by atoms with E-state index in [1.807, 2.05) is 25.7 Å². The summed E-state index contributed by atoms with van der Waals surface area (Å²) in [5, 5.41) is 0. The highest BCUT2D eigenvalue weighted by Gasteiger charge is 2.76. The summed E-state index contributed by atoms with van der Waals surface area (Å²) in [7, 11) is 0. The molecule has 2 aliphatic heterocycles. The molecule has 0 spiro atoms. The minimum atomic E-state index is -0.478. The SMILES string of the molecule is Cc1ccc(C[C@@H]2N(C(=O)OC(C)(C)C)CCC34CCCC[C@]23O4)cc1. The van der Waals surface area contributed by atoms with Gasteiger partial charge in [0.25, 0.3) is 0 Å². The van der Waals surface area contributed by atoms with Crippen molar-refractivity contribution in [2.75, 3.05) is 6.54 Å². The van der Waals surface area contributed by atoms with Crippen molar-refractivity contribution in [2.24, 2.45) is 0 Å². The van der Waals surface area contributed by atoms with Crippen molar-refractivity contribution in [3.05, 3.63) is 35.4 Å². The first-order valence-corrected chi connectivity index (χ1v) is 10.0. The van der Waals surface area contributed by atoms with Crippen LogP contribution < -0.4 is 0 Å². The van der Waals surface area contributed by atoms with Crippen molar-refractivity contribution in [3.8, 4) is 0 Å². The Morgan fingerprint density at radius 2 is 1.88 bits per heavy atom. The second-order valence-electron chi connectivity index (χ2n) is 9.32. The molecule has 4 rings (SSSR count). The Morgan fingerprint density at radius 1 is 1.19 bits per heavy atom. The van der Waals surface area contributed by atoms with Crippen molar-refractivity contribution in [2.45, 2.75) is 89.1 Å². The summed E-state index contributed by atoms with van der Waals surface area (Å²) in [5.41, 5.74) is 1.90. The molecule has 1 aliphatic carbocycles. The molecule has 0 radical (unpaired) electrons. The van der Waals surface area contributed by atoms with Crippen LogP contribution in [0.4, 0.5) is 4.79 Å². The number of likely N-dealkylation sites (tertiary alicyclic amines) is 1. The normalized spacial score (nSPS) is 33.2. The number of carbonyl (C=O) groups excluding carboxylic acids is 1. The predicted octanol–water partition coefficient (Wildman–Crippen LogP) is 4.63. The number of epoxide rings is 1. The van der Waals surface area contributed by atoms with Gasteiger partial charge in [-0.3, -0.25) is 0 Å². The summed E-state index contributed by atoms with van der Waals surface area (Å²) >= 11 is 0. The monoisotopic (exact) mass is 357 g/mol. The van der Waals surface area contributed by atoms with Crippen LogP contribution in [0.2, 0.25) is 0 Å². The Morgan fingerprint density at radius 3 is 2.58 bits per heavy atom. The fourth-order valence-electron chi connectivity index (χ4n) is 5.06. The number of ether oxygens (including phenoxy) is 2. The Hall–Kier alpha value is -1.55. The lowest BCUT2D eigenvalue weighted by atomic mass is 9.69. The Labute approximate surface area is 156 Å². The summed E-state index contributed by atoms with van der Waals surface area (Å²) in [5.74, 6) is 0. The maximum atomic E-state index is 12.9. The standard InChI is InChI=1S/C22H31NO3/c1-16-7-9-17(10-8-16)15-18-22-12-6-5-11-21(22,26-22)13-14-23(18)19(24)25-20(2,3)4/h7-10,18H,5-6,11-15H2,1-4H3/t18-,21?,22-/m0/s1. The number of carbonyl (C=O) groups is 1. The minimum absolute atomic E-state index is 0.0130. The van der Waals surface area contributed by atoms with Crippen LogP contribution in [0, 0.1) is 6.92 Å². The van der Waals surface area contributed by atoms with Crippen LogP contribution in [0.15, 0.2) is 24.3 Å². The molecule has 2 heterocycles. The molecule has 1 amide bonds. The molecule has 142 valence electrons. The lowest BCUT2D eigenvalue weighted by Crippen LogP contribution is -2.59. The van der Waals surface area contributed by atoms with E-state index in [9.17, 15) is 4.79 Å². The smallest absolute Gasteiger partial charge is 0.410 e. The average molecular weight is 357 g/mol. The van der Waals surface area contributed by atoms with Gasteiger partial charge in [-0.05, 0) is 58.9 Å². The Kier molecular flexibility index (Phi) is 4.11. The highest BCUT2D eigenvalue weighted by atomic mass is 16.6. The van der Waals surface area contributed by atoms with E-state index in [0.29, 0.717) is 0 Å². The van der Waals surface area contributed by atoms with Gasteiger partial charge in [0.1, 0.15) is 16.8 Å². The maximum absolute atomic E-state index is 12.9. The minimum Gasteiger partial charge on any atom is -0.444 e. The fraction of sp³-hybridized carbons (Fsp3) is 0.682. The first-order chi connectivity index (χ1) is 12.2. The maximum Gasteiger partial charge on any atom is 0.410 e. The van der Waals surface area contributed by atoms with Gasteiger partial charge < -0.3 is 14.4 Å². The first-order valence-electron chi connectivity index (χ1n) is 10.0. The lowest BCUT2D eigenvalue weighted by molar-refractivity contribution is -0.00113. The van der Waals surface area contributed by atoms with Crippen LogP contribution in [-0.4, -0.2) is 40.4 Å². The van der Waals surface area contributed by atoms with Gasteiger partial charge in [0.05, 0.1) is 6.04 Å². The van der Waals surface area contributed by atoms with E-state index < -0.39 is 5.60 Å². The van der Waals surface area contributed by atoms with E-state index in [1.54, 1.807) is 0 Å². The molecular weight excluding hydrogens is 326 g/mol. The zero-order chi connectivity index (χ0) is 18.6. The molecule has 4 nitrogen and oxygen atoms in total. The molecule has 1 aromatic carbocycles. The fourth-order valence-corrected chi connectivity index (χ4v) is 5.06. The molecule has 1 aromatic rings. The van der Waals surface area contributed by atoms with E-state index in [-0.39, 0.29) is 23.3 Å². The molecule has 2 saturated heterocycles. The topological polar surface area (TPSA) is 42.1 Å². The molecule has 0 aromatic heterocycles. The van der Waals surface area contributed by atoms with Crippen LogP contribution in [0.5, 0.6) is 0 Å². The van der Waals surface area contributed by atoms with Gasteiger partial charge >= 0.3 is 6.09 Å². The third-order valence-electron chi connectivity index (χ3n) is 6.33. The van der Waals surface area contributed by atoms with Gasteiger partial charge in [0, 0.05) is 6.54 Å². The summed E-state index contributed by atoms with van der Waals surface area (Å²) in [4.78, 5) is 14.9. The molecular formula is C22H31NO3. The molecule has 1 saturated carbocycles. The average Bonchev–Trinajstić information content (AvgIpc) is 3.26. The zero-order valence-electron chi connectivity index (χ0n) is 16.5. The third-order valence-corrected chi connectivity index (χ3v) is 6.33. The van der Waals surface area contributed by atoms with Crippen molar-refractivity contribution in [1.82, 2.24) is 4.90 Å². The Bertz CT molecular complexity index is 692. The molecule has 1 unspecified atom stereocenters. The van der Waals surface area contributed by atoms with Crippen LogP contribution in [0.3, 0.4) is 0 Å². The molecule has 0 N–H and O–H groups in total. The van der Waals surface area contributed by atoms with Crippen LogP contribution in [-0.2, 0) is 15.9 Å². The number of amides is 1. The van der Waals surface area contributed by atoms with Crippen LogP contribution in [0.25, 0.3) is 0 Å². The largest absolute Gasteiger partial charge is 0.444 e. The van der Waals surface area contributed by atoms with Gasteiger partial charge in [0.15, 0.2) is 0 Å². The van der Waals surface area contributed by atoms with E-state index >= 15 is 0 Å². The number of benzene rings is 1. The van der Waals surface area contributed by atoms with Crippen molar-refractivity contribution >= 4 is 6.09 Å². The van der Waals surface area contributed by atoms with Gasteiger partial charge in [-0.2, -0.15) is 0 Å². The van der Waals surface area contributed by atoms with E-state index in [2.05, 4.69) is 31.2 Å². The van der Waals surface area contributed by atoms with E-state index in [1.165, 1.54) is 24.0 Å². The number of rotatable bonds is 2. The van der Waals surface area contributed by atoms with Crippen LogP contribution >= 0.6 is 0 Å². The number of nitrogens with zero attached hydrogens (tertiary/aromatic N) is 1. The summed E-state index contributed by atoms with van der Waals surface area (Å²) < 4.78 is 12.2. The van der Waals surface area contributed by atoms with Gasteiger partial charge in [-0.25, -0.2) is 4.79 Å². The van der Waals surface area contributed by atoms with Crippen molar-refractivity contribution < 1.29 is 14.3 Å². The molecule has 3 aliphatic rings. The van der Waals surface area contributed by atoms with E-state index in [0.717, 1.165) is 32.2 Å². The predicted molar refractivity (Wildman–Crippen MR) is 101 cm³/mol. The van der Waals surface area contributed by atoms with E-state index in [4.69, 9.17) is 9.47 Å². The lowest BCUT2D eigenvalue weighted by Gasteiger charge is -2.43. The molecule has 3 fully saturated rings. The summed E-state index contributed by atoms with van der Waals surface area (Å²) in [6.45, 7) is 8.63. The number of hydrogen-bond acceptors (Lipinski definition) is 3. The molecule has 26 heavy (non-hydrogen) atoms. The summed E-state index contributed by atoms with van der Waals surface area (Å²) in [6, 6.07) is 8.72. The first kappa shape index (κ1) is 17.8. The molecule has 0 bridgehead atoms. The highest BCUT2D eigenvalue weighted by molar-refractivity contribution is 5.69. The Balaban J connectivity index is 1.63. The molecule has 4 heteroatoms. The number of piperidine rings is 1.